The molecule has 0 bridgehead atoms. The van der Waals surface area contributed by atoms with Crippen LogP contribution < -0.4 is 11.1 Å². The van der Waals surface area contributed by atoms with Crippen LogP contribution in [-0.4, -0.2) is 42.9 Å². The molecule has 0 aliphatic carbocycles. The Morgan fingerprint density at radius 1 is 1.21 bits per heavy atom. The van der Waals surface area contributed by atoms with Crippen LogP contribution in [0.5, 0.6) is 0 Å². The van der Waals surface area contributed by atoms with Gasteiger partial charge in [0.15, 0.2) is 0 Å². The molecule has 112 valence electrons. The number of hydrogen-bond donors (Lipinski definition) is 2. The summed E-state index contributed by atoms with van der Waals surface area (Å²) >= 11 is 0. The first kappa shape index (κ1) is 17.9. The van der Waals surface area contributed by atoms with E-state index < -0.39 is 12.1 Å². The number of nitrogens with one attached hydrogen (secondary N) is 1. The van der Waals surface area contributed by atoms with Crippen molar-refractivity contribution < 1.29 is 9.59 Å². The van der Waals surface area contributed by atoms with Gasteiger partial charge < -0.3 is 16.0 Å². The molecule has 0 fully saturated rings. The number of nitrogens with zero attached hydrogens (tertiary/aromatic N) is 1. The molecule has 2 amide bonds. The highest BCUT2D eigenvalue weighted by Gasteiger charge is 2.31. The first-order valence-corrected chi connectivity index (χ1v) is 6.74. The molecule has 0 saturated heterocycles. The Kier molecular flexibility index (Phi) is 6.49. The van der Waals surface area contributed by atoms with Crippen molar-refractivity contribution in [2.24, 2.45) is 17.1 Å². The quantitative estimate of drug-likeness (QED) is 0.782. The summed E-state index contributed by atoms with van der Waals surface area (Å²) < 4.78 is 0. The first-order chi connectivity index (χ1) is 8.46. The molecule has 3 N–H and O–H groups in total. The van der Waals surface area contributed by atoms with Gasteiger partial charge in [0.2, 0.25) is 11.8 Å². The van der Waals surface area contributed by atoms with Crippen LogP contribution in [0.4, 0.5) is 0 Å². The number of hydrogen-bond acceptors (Lipinski definition) is 3. The van der Waals surface area contributed by atoms with E-state index in [1.807, 2.05) is 34.6 Å². The SMILES string of the molecule is CC(C)CC(NC(=O)[C@H](N)C(C)(C)C)C(=O)N(C)C. The molecule has 0 aliphatic heterocycles. The maximum absolute atomic E-state index is 12.1. The van der Waals surface area contributed by atoms with Gasteiger partial charge in [0.1, 0.15) is 6.04 Å². The molecule has 0 radical (unpaired) electrons. The number of amides is 2. The lowest BCUT2D eigenvalue weighted by Crippen LogP contribution is -2.55. The van der Waals surface area contributed by atoms with Gasteiger partial charge >= 0.3 is 0 Å². The topological polar surface area (TPSA) is 75.4 Å². The fourth-order valence-corrected chi connectivity index (χ4v) is 1.66. The monoisotopic (exact) mass is 271 g/mol. The van der Waals surface area contributed by atoms with Crippen molar-refractivity contribution >= 4 is 11.8 Å². The molecule has 1 unspecified atom stereocenters. The second-order valence-corrected chi connectivity index (χ2v) is 6.77. The highest BCUT2D eigenvalue weighted by molar-refractivity contribution is 5.89. The smallest absolute Gasteiger partial charge is 0.244 e. The molecule has 0 aromatic carbocycles. The van der Waals surface area contributed by atoms with Gasteiger partial charge in [-0.1, -0.05) is 34.6 Å². The molecule has 0 saturated carbocycles. The number of likely N-dealkylation sites (N-methyl/N-ethyl adjacent to an activating group) is 1. The lowest BCUT2D eigenvalue weighted by molar-refractivity contribution is -0.135. The highest BCUT2D eigenvalue weighted by atomic mass is 16.2. The summed E-state index contributed by atoms with van der Waals surface area (Å²) in [5.74, 6) is -0.0448. The van der Waals surface area contributed by atoms with E-state index >= 15 is 0 Å². The molecule has 2 atom stereocenters. The molecule has 0 aliphatic rings. The zero-order chi connectivity index (χ0) is 15.4. The predicted octanol–water partition coefficient (Wildman–Crippen LogP) is 0.979. The second-order valence-electron chi connectivity index (χ2n) is 6.77. The minimum absolute atomic E-state index is 0.0943. The summed E-state index contributed by atoms with van der Waals surface area (Å²) in [6.07, 6.45) is 0.611. The fourth-order valence-electron chi connectivity index (χ4n) is 1.66. The van der Waals surface area contributed by atoms with E-state index in [-0.39, 0.29) is 17.2 Å². The summed E-state index contributed by atoms with van der Waals surface area (Å²) in [6, 6.07) is -1.13. The van der Waals surface area contributed by atoms with E-state index in [0.29, 0.717) is 12.3 Å². The molecule has 0 aromatic heterocycles. The Morgan fingerprint density at radius 3 is 2.00 bits per heavy atom. The Labute approximate surface area is 116 Å². The Balaban J connectivity index is 4.83. The molecule has 19 heavy (non-hydrogen) atoms. The van der Waals surface area contributed by atoms with Crippen molar-refractivity contribution in [3.05, 3.63) is 0 Å². The molecular formula is C14H29N3O2. The third-order valence-electron chi connectivity index (χ3n) is 2.98. The summed E-state index contributed by atoms with van der Waals surface area (Å²) in [7, 11) is 3.37. The summed E-state index contributed by atoms with van der Waals surface area (Å²) in [5, 5.41) is 2.78. The van der Waals surface area contributed by atoms with Gasteiger partial charge in [0.25, 0.3) is 0 Å². The number of carbonyl (C=O) groups excluding carboxylic acids is 2. The Morgan fingerprint density at radius 2 is 1.68 bits per heavy atom. The van der Waals surface area contributed by atoms with Crippen molar-refractivity contribution in [2.45, 2.75) is 53.1 Å². The second kappa shape index (κ2) is 6.89. The Hall–Kier alpha value is -1.10. The van der Waals surface area contributed by atoms with Crippen LogP contribution in [0.25, 0.3) is 0 Å². The number of carbonyl (C=O) groups is 2. The molecule has 0 spiro atoms. The third-order valence-corrected chi connectivity index (χ3v) is 2.98. The van der Waals surface area contributed by atoms with E-state index in [1.54, 1.807) is 14.1 Å². The van der Waals surface area contributed by atoms with E-state index in [2.05, 4.69) is 5.32 Å². The van der Waals surface area contributed by atoms with E-state index in [4.69, 9.17) is 5.73 Å². The maximum atomic E-state index is 12.1. The van der Waals surface area contributed by atoms with Crippen molar-refractivity contribution in [3.8, 4) is 0 Å². The van der Waals surface area contributed by atoms with E-state index in [0.717, 1.165) is 0 Å². The van der Waals surface area contributed by atoms with Gasteiger partial charge in [-0.25, -0.2) is 0 Å². The first-order valence-electron chi connectivity index (χ1n) is 6.74. The third kappa shape index (κ3) is 6.05. The number of nitrogens with two attached hydrogens (primary N) is 1. The van der Waals surface area contributed by atoms with E-state index in [9.17, 15) is 9.59 Å². The van der Waals surface area contributed by atoms with Gasteiger partial charge in [-0.15, -0.1) is 0 Å². The summed E-state index contributed by atoms with van der Waals surface area (Å²) in [6.45, 7) is 9.75. The van der Waals surface area contributed by atoms with Gasteiger partial charge in [0, 0.05) is 14.1 Å². The zero-order valence-electron chi connectivity index (χ0n) is 13.3. The minimum Gasteiger partial charge on any atom is -0.347 e. The molecule has 0 rings (SSSR count). The number of rotatable bonds is 5. The van der Waals surface area contributed by atoms with Crippen LogP contribution in [0.1, 0.15) is 41.0 Å². The maximum Gasteiger partial charge on any atom is 0.244 e. The summed E-state index contributed by atoms with van der Waals surface area (Å²) in [5.41, 5.74) is 5.59. The fraction of sp³-hybridized carbons (Fsp3) is 0.857. The average molecular weight is 271 g/mol. The summed E-state index contributed by atoms with van der Waals surface area (Å²) in [4.78, 5) is 25.7. The van der Waals surface area contributed by atoms with Crippen molar-refractivity contribution in [3.63, 3.8) is 0 Å². The van der Waals surface area contributed by atoms with Crippen LogP contribution in [0.2, 0.25) is 0 Å². The standard InChI is InChI=1S/C14H29N3O2/c1-9(2)8-10(13(19)17(6)7)16-12(18)11(15)14(3,4)5/h9-11H,8,15H2,1-7H3,(H,16,18)/t10?,11-/m0/s1. The lowest BCUT2D eigenvalue weighted by Gasteiger charge is -2.29. The molecular weight excluding hydrogens is 242 g/mol. The van der Waals surface area contributed by atoms with Crippen molar-refractivity contribution in [1.82, 2.24) is 10.2 Å². The van der Waals surface area contributed by atoms with Crippen LogP contribution >= 0.6 is 0 Å². The largest absolute Gasteiger partial charge is 0.347 e. The highest BCUT2D eigenvalue weighted by Crippen LogP contribution is 2.18. The van der Waals surface area contributed by atoms with Crippen molar-refractivity contribution in [2.75, 3.05) is 14.1 Å². The van der Waals surface area contributed by atoms with Gasteiger partial charge in [-0.3, -0.25) is 9.59 Å². The molecule has 5 nitrogen and oxygen atoms in total. The van der Waals surface area contributed by atoms with Gasteiger partial charge in [0.05, 0.1) is 6.04 Å². The average Bonchev–Trinajstić information content (AvgIpc) is 2.23. The van der Waals surface area contributed by atoms with Crippen molar-refractivity contribution in [1.29, 1.82) is 0 Å². The lowest BCUT2D eigenvalue weighted by atomic mass is 9.86. The molecule has 0 heterocycles. The molecule has 5 heteroatoms. The molecule has 0 aromatic rings. The predicted molar refractivity (Wildman–Crippen MR) is 77.5 cm³/mol. The normalized spacial score (nSPS) is 15.0. The van der Waals surface area contributed by atoms with E-state index in [1.165, 1.54) is 4.90 Å². The van der Waals surface area contributed by atoms with Crippen LogP contribution in [0.15, 0.2) is 0 Å². The van der Waals surface area contributed by atoms with Crippen LogP contribution in [0, 0.1) is 11.3 Å². The zero-order valence-corrected chi connectivity index (χ0v) is 13.3. The van der Waals surface area contributed by atoms with Gasteiger partial charge in [-0.05, 0) is 17.8 Å². The van der Waals surface area contributed by atoms with Crippen LogP contribution in [-0.2, 0) is 9.59 Å². The van der Waals surface area contributed by atoms with Gasteiger partial charge in [-0.2, -0.15) is 0 Å². The van der Waals surface area contributed by atoms with Crippen LogP contribution in [0.3, 0.4) is 0 Å². The minimum atomic E-state index is -0.628. The Bertz CT molecular complexity index is 319.